The minimum absolute atomic E-state index is 0.147. The van der Waals surface area contributed by atoms with Crippen LogP contribution in [0.5, 0.6) is 0 Å². The number of nitrogens with one attached hydrogen (secondary N) is 2. The highest BCUT2D eigenvalue weighted by molar-refractivity contribution is 5.96. The summed E-state index contributed by atoms with van der Waals surface area (Å²) in [5.74, 6) is -0.230. The predicted molar refractivity (Wildman–Crippen MR) is 71.8 cm³/mol. The number of aromatic amines is 1. The summed E-state index contributed by atoms with van der Waals surface area (Å²) in [5, 5.41) is 19.0. The zero-order valence-corrected chi connectivity index (χ0v) is 11.0. The number of H-pyrrole nitrogens is 1. The quantitative estimate of drug-likeness (QED) is 0.778. The van der Waals surface area contributed by atoms with Crippen molar-refractivity contribution in [3.8, 4) is 0 Å². The Hall–Kier alpha value is -2.14. The summed E-state index contributed by atoms with van der Waals surface area (Å²) in [6.07, 6.45) is 0. The van der Waals surface area contributed by atoms with Gasteiger partial charge < -0.3 is 10.4 Å². The number of aromatic nitrogens is 2. The van der Waals surface area contributed by atoms with Crippen molar-refractivity contribution >= 4 is 5.91 Å². The van der Waals surface area contributed by atoms with Gasteiger partial charge in [0.1, 0.15) is 0 Å². The molecule has 1 heterocycles. The molecule has 0 aliphatic carbocycles. The van der Waals surface area contributed by atoms with Crippen LogP contribution in [-0.4, -0.2) is 27.8 Å². The Balaban J connectivity index is 2.18. The fraction of sp³-hybridized carbons (Fsp3) is 0.286. The predicted octanol–water partition coefficient (Wildman–Crippen LogP) is 1.49. The largest absolute Gasteiger partial charge is 0.394 e. The summed E-state index contributed by atoms with van der Waals surface area (Å²) in [4.78, 5) is 12.2. The molecule has 19 heavy (non-hydrogen) atoms. The molecule has 0 saturated carbocycles. The van der Waals surface area contributed by atoms with Crippen LogP contribution >= 0.6 is 0 Å². The Morgan fingerprint density at radius 1 is 1.37 bits per heavy atom. The van der Waals surface area contributed by atoms with Gasteiger partial charge in [-0.1, -0.05) is 30.3 Å². The van der Waals surface area contributed by atoms with E-state index in [1.54, 1.807) is 13.8 Å². The van der Waals surface area contributed by atoms with Gasteiger partial charge in [-0.05, 0) is 19.4 Å². The number of aliphatic hydroxyl groups is 1. The van der Waals surface area contributed by atoms with E-state index in [0.29, 0.717) is 11.3 Å². The van der Waals surface area contributed by atoms with Crippen LogP contribution in [0.25, 0.3) is 0 Å². The van der Waals surface area contributed by atoms with E-state index in [-0.39, 0.29) is 12.5 Å². The highest BCUT2D eigenvalue weighted by atomic mass is 16.3. The third kappa shape index (κ3) is 2.82. The average Bonchev–Trinajstić information content (AvgIpc) is 2.76. The van der Waals surface area contributed by atoms with Crippen LogP contribution in [0.3, 0.4) is 0 Å². The lowest BCUT2D eigenvalue weighted by Crippen LogP contribution is -2.31. The molecule has 0 fully saturated rings. The molecule has 3 N–H and O–H groups in total. The molecule has 0 radical (unpaired) electrons. The lowest BCUT2D eigenvalue weighted by atomic mass is 10.1. The summed E-state index contributed by atoms with van der Waals surface area (Å²) in [6, 6.07) is 8.97. The van der Waals surface area contributed by atoms with Crippen molar-refractivity contribution in [2.24, 2.45) is 0 Å². The van der Waals surface area contributed by atoms with Crippen LogP contribution < -0.4 is 5.32 Å². The first-order chi connectivity index (χ1) is 9.13. The summed E-state index contributed by atoms with van der Waals surface area (Å²) < 4.78 is 0. The molecule has 5 heteroatoms. The third-order valence-electron chi connectivity index (χ3n) is 3.05. The molecule has 2 rings (SSSR count). The number of rotatable bonds is 4. The van der Waals surface area contributed by atoms with Crippen LogP contribution in [0.2, 0.25) is 0 Å². The Morgan fingerprint density at radius 3 is 2.58 bits per heavy atom. The van der Waals surface area contributed by atoms with Crippen LogP contribution in [0, 0.1) is 13.8 Å². The molecule has 1 amide bonds. The van der Waals surface area contributed by atoms with Crippen LogP contribution in [-0.2, 0) is 0 Å². The van der Waals surface area contributed by atoms with Crippen molar-refractivity contribution in [1.29, 1.82) is 0 Å². The molecule has 1 aromatic heterocycles. The van der Waals surface area contributed by atoms with E-state index in [1.807, 2.05) is 30.3 Å². The van der Waals surface area contributed by atoms with Crippen LogP contribution in [0.15, 0.2) is 30.3 Å². The maximum Gasteiger partial charge on any atom is 0.255 e. The number of nitrogens with zero attached hydrogens (tertiary/aromatic N) is 1. The number of carbonyl (C=O) groups is 1. The number of carbonyl (C=O) groups excluding carboxylic acids is 1. The van der Waals surface area contributed by atoms with Crippen LogP contribution in [0.4, 0.5) is 0 Å². The molecular weight excluding hydrogens is 242 g/mol. The average molecular weight is 259 g/mol. The monoisotopic (exact) mass is 259 g/mol. The fourth-order valence-electron chi connectivity index (χ4n) is 2.04. The molecular formula is C14H17N3O2. The van der Waals surface area contributed by atoms with Gasteiger partial charge in [0.15, 0.2) is 0 Å². The molecule has 1 aromatic carbocycles. The van der Waals surface area contributed by atoms with Crippen molar-refractivity contribution in [1.82, 2.24) is 15.5 Å². The SMILES string of the molecule is Cc1n[nH]c(C)c1C(=O)N[C@H](CO)c1ccccc1. The van der Waals surface area contributed by atoms with Crippen molar-refractivity contribution in [3.05, 3.63) is 52.8 Å². The van der Waals surface area contributed by atoms with Crippen molar-refractivity contribution in [3.63, 3.8) is 0 Å². The van der Waals surface area contributed by atoms with Crippen molar-refractivity contribution in [2.75, 3.05) is 6.61 Å². The van der Waals surface area contributed by atoms with Gasteiger partial charge >= 0.3 is 0 Å². The van der Waals surface area contributed by atoms with Gasteiger partial charge in [-0.15, -0.1) is 0 Å². The second-order valence-electron chi connectivity index (χ2n) is 4.43. The highest BCUT2D eigenvalue weighted by Crippen LogP contribution is 2.15. The van der Waals surface area contributed by atoms with E-state index >= 15 is 0 Å². The number of aliphatic hydroxyl groups excluding tert-OH is 1. The number of benzene rings is 1. The van der Waals surface area contributed by atoms with Gasteiger partial charge in [-0.25, -0.2) is 0 Å². The van der Waals surface area contributed by atoms with E-state index in [0.717, 1.165) is 11.3 Å². The zero-order chi connectivity index (χ0) is 13.8. The lowest BCUT2D eigenvalue weighted by Gasteiger charge is -2.16. The smallest absolute Gasteiger partial charge is 0.255 e. The Morgan fingerprint density at radius 2 is 2.05 bits per heavy atom. The van der Waals surface area contributed by atoms with E-state index in [9.17, 15) is 9.90 Å². The highest BCUT2D eigenvalue weighted by Gasteiger charge is 2.19. The van der Waals surface area contributed by atoms with E-state index < -0.39 is 6.04 Å². The van der Waals surface area contributed by atoms with Crippen molar-refractivity contribution in [2.45, 2.75) is 19.9 Å². The molecule has 0 spiro atoms. The second-order valence-corrected chi connectivity index (χ2v) is 4.43. The summed E-state index contributed by atoms with van der Waals surface area (Å²) in [6.45, 7) is 3.42. The number of hydrogen-bond donors (Lipinski definition) is 3. The van der Waals surface area contributed by atoms with Gasteiger partial charge in [-0.2, -0.15) is 5.10 Å². The first kappa shape index (κ1) is 13.3. The number of aryl methyl sites for hydroxylation is 2. The van der Waals surface area contributed by atoms with Gasteiger partial charge in [-0.3, -0.25) is 9.89 Å². The molecule has 0 aliphatic rings. The summed E-state index contributed by atoms with van der Waals surface area (Å²) in [5.41, 5.74) is 2.78. The zero-order valence-electron chi connectivity index (χ0n) is 11.0. The first-order valence-electron chi connectivity index (χ1n) is 6.11. The maximum absolute atomic E-state index is 12.2. The number of hydrogen-bond acceptors (Lipinski definition) is 3. The molecule has 1 atom stereocenters. The molecule has 2 aromatic rings. The van der Waals surface area contributed by atoms with Gasteiger partial charge in [0.25, 0.3) is 5.91 Å². The molecule has 0 saturated heterocycles. The topological polar surface area (TPSA) is 78.0 Å². The number of amides is 1. The third-order valence-corrected chi connectivity index (χ3v) is 3.05. The van der Waals surface area contributed by atoms with E-state index in [1.165, 1.54) is 0 Å². The molecule has 0 bridgehead atoms. The summed E-state index contributed by atoms with van der Waals surface area (Å²) >= 11 is 0. The molecule has 0 aliphatic heterocycles. The molecule has 5 nitrogen and oxygen atoms in total. The molecule has 100 valence electrons. The normalized spacial score (nSPS) is 12.2. The van der Waals surface area contributed by atoms with Gasteiger partial charge in [0, 0.05) is 5.69 Å². The standard InChI is InChI=1S/C14H17N3O2/c1-9-13(10(2)17-16-9)14(19)15-12(8-18)11-6-4-3-5-7-11/h3-7,12,18H,8H2,1-2H3,(H,15,19)(H,16,17)/t12-/m1/s1. The Kier molecular flexibility index (Phi) is 3.97. The molecule has 0 unspecified atom stereocenters. The van der Waals surface area contributed by atoms with Crippen molar-refractivity contribution < 1.29 is 9.90 Å². The first-order valence-corrected chi connectivity index (χ1v) is 6.11. The lowest BCUT2D eigenvalue weighted by molar-refractivity contribution is 0.0915. The Labute approximate surface area is 111 Å². The maximum atomic E-state index is 12.2. The minimum atomic E-state index is -0.414. The second kappa shape index (κ2) is 5.67. The fourth-order valence-corrected chi connectivity index (χ4v) is 2.04. The Bertz CT molecular complexity index is 544. The van der Waals surface area contributed by atoms with Crippen LogP contribution in [0.1, 0.15) is 33.4 Å². The summed E-state index contributed by atoms with van der Waals surface area (Å²) in [7, 11) is 0. The van der Waals surface area contributed by atoms with Gasteiger partial charge in [0.05, 0.1) is 23.9 Å². The van der Waals surface area contributed by atoms with Gasteiger partial charge in [0.2, 0.25) is 0 Å². The van der Waals surface area contributed by atoms with E-state index in [2.05, 4.69) is 15.5 Å². The van der Waals surface area contributed by atoms with E-state index in [4.69, 9.17) is 0 Å². The minimum Gasteiger partial charge on any atom is -0.394 e.